The molecule has 1 N–H and O–H groups in total. The summed E-state index contributed by atoms with van der Waals surface area (Å²) in [6.45, 7) is 2.79. The van der Waals surface area contributed by atoms with Gasteiger partial charge >= 0.3 is 5.63 Å². The second-order valence-corrected chi connectivity index (χ2v) is 7.20. The standard InChI is InChI=1S/C22H23N3O3/c1-15-12-17(9-5-8-16-6-3-2-4-7-16)28-22(27)20(15)21(26)25-11-10-18-19(13-25)24-14-23-18/h2-4,6-7,12,14H,5,8-11,13H2,1H3,(H,23,24). The lowest BCUT2D eigenvalue weighted by molar-refractivity contribution is 0.0726. The Hall–Kier alpha value is -3.15. The van der Waals surface area contributed by atoms with E-state index in [1.807, 2.05) is 24.3 Å². The summed E-state index contributed by atoms with van der Waals surface area (Å²) >= 11 is 0. The van der Waals surface area contributed by atoms with Crippen molar-refractivity contribution in [2.45, 2.75) is 39.2 Å². The number of aromatic amines is 1. The Bertz CT molecular complexity index is 1040. The Labute approximate surface area is 163 Å². The van der Waals surface area contributed by atoms with Crippen LogP contribution in [0.3, 0.4) is 0 Å². The SMILES string of the molecule is Cc1cc(CCCc2ccccc2)oc(=O)c1C(=O)N1CCc2nc[nH]c2C1. The molecule has 3 heterocycles. The van der Waals surface area contributed by atoms with Crippen molar-refractivity contribution in [3.05, 3.63) is 87.0 Å². The smallest absolute Gasteiger partial charge is 0.349 e. The van der Waals surface area contributed by atoms with Crippen LogP contribution in [0.5, 0.6) is 0 Å². The number of hydrogen-bond donors (Lipinski definition) is 1. The summed E-state index contributed by atoms with van der Waals surface area (Å²) in [4.78, 5) is 34.4. The summed E-state index contributed by atoms with van der Waals surface area (Å²) in [7, 11) is 0. The maximum Gasteiger partial charge on any atom is 0.349 e. The van der Waals surface area contributed by atoms with Crippen LogP contribution in [0.15, 0.2) is 51.9 Å². The molecule has 0 atom stereocenters. The van der Waals surface area contributed by atoms with Gasteiger partial charge in [0, 0.05) is 19.4 Å². The number of amides is 1. The Morgan fingerprint density at radius 1 is 1.25 bits per heavy atom. The van der Waals surface area contributed by atoms with E-state index in [1.165, 1.54) is 5.56 Å². The molecule has 28 heavy (non-hydrogen) atoms. The van der Waals surface area contributed by atoms with E-state index >= 15 is 0 Å². The molecule has 3 aromatic rings. The molecule has 1 aromatic carbocycles. The van der Waals surface area contributed by atoms with Crippen molar-refractivity contribution in [1.82, 2.24) is 14.9 Å². The number of imidazole rings is 1. The van der Waals surface area contributed by atoms with Crippen LogP contribution in [0.1, 0.15) is 45.1 Å². The van der Waals surface area contributed by atoms with E-state index in [-0.39, 0.29) is 11.5 Å². The highest BCUT2D eigenvalue weighted by atomic mass is 16.4. The van der Waals surface area contributed by atoms with Crippen molar-refractivity contribution >= 4 is 5.91 Å². The van der Waals surface area contributed by atoms with E-state index in [1.54, 1.807) is 18.2 Å². The summed E-state index contributed by atoms with van der Waals surface area (Å²) in [6, 6.07) is 12.0. The highest BCUT2D eigenvalue weighted by molar-refractivity contribution is 5.95. The van der Waals surface area contributed by atoms with E-state index in [9.17, 15) is 9.59 Å². The van der Waals surface area contributed by atoms with Crippen LogP contribution >= 0.6 is 0 Å². The van der Waals surface area contributed by atoms with E-state index in [0.717, 1.165) is 24.2 Å². The van der Waals surface area contributed by atoms with Crippen molar-refractivity contribution < 1.29 is 9.21 Å². The largest absolute Gasteiger partial charge is 0.427 e. The molecule has 4 rings (SSSR count). The van der Waals surface area contributed by atoms with Crippen molar-refractivity contribution in [3.8, 4) is 0 Å². The molecule has 6 nitrogen and oxygen atoms in total. The molecule has 1 aliphatic heterocycles. The summed E-state index contributed by atoms with van der Waals surface area (Å²) in [5, 5.41) is 0. The van der Waals surface area contributed by atoms with Gasteiger partial charge in [-0.2, -0.15) is 0 Å². The first-order valence-corrected chi connectivity index (χ1v) is 9.60. The number of nitrogens with one attached hydrogen (secondary N) is 1. The van der Waals surface area contributed by atoms with Crippen LogP contribution < -0.4 is 5.63 Å². The monoisotopic (exact) mass is 377 g/mol. The minimum absolute atomic E-state index is 0.134. The molecular weight excluding hydrogens is 354 g/mol. The fourth-order valence-electron chi connectivity index (χ4n) is 3.71. The number of aryl methyl sites for hydroxylation is 3. The third-order valence-corrected chi connectivity index (χ3v) is 5.21. The average molecular weight is 377 g/mol. The lowest BCUT2D eigenvalue weighted by atomic mass is 10.0. The van der Waals surface area contributed by atoms with Gasteiger partial charge in [0.25, 0.3) is 5.91 Å². The summed E-state index contributed by atoms with van der Waals surface area (Å²) < 4.78 is 5.47. The van der Waals surface area contributed by atoms with Crippen LogP contribution in [-0.4, -0.2) is 27.3 Å². The number of fused-ring (bicyclic) bond motifs is 1. The van der Waals surface area contributed by atoms with Gasteiger partial charge in [0.1, 0.15) is 11.3 Å². The molecule has 0 unspecified atom stereocenters. The number of hydrogen-bond acceptors (Lipinski definition) is 4. The molecule has 144 valence electrons. The van der Waals surface area contributed by atoms with Crippen LogP contribution in [0.4, 0.5) is 0 Å². The van der Waals surface area contributed by atoms with Crippen LogP contribution in [0.2, 0.25) is 0 Å². The summed E-state index contributed by atoms with van der Waals surface area (Å²) in [5.41, 5.74) is 3.44. The molecule has 1 amide bonds. The summed E-state index contributed by atoms with van der Waals surface area (Å²) in [6.07, 6.45) is 4.80. The Balaban J connectivity index is 1.45. The first-order valence-electron chi connectivity index (χ1n) is 9.60. The predicted molar refractivity (Wildman–Crippen MR) is 105 cm³/mol. The predicted octanol–water partition coefficient (Wildman–Crippen LogP) is 3.05. The normalized spacial score (nSPS) is 13.4. The minimum atomic E-state index is -0.546. The zero-order valence-electron chi connectivity index (χ0n) is 15.9. The third kappa shape index (κ3) is 3.76. The number of nitrogens with zero attached hydrogens (tertiary/aromatic N) is 2. The van der Waals surface area contributed by atoms with E-state index in [0.29, 0.717) is 37.3 Å². The first kappa shape index (κ1) is 18.2. The molecule has 0 spiro atoms. The van der Waals surface area contributed by atoms with E-state index < -0.39 is 5.63 Å². The van der Waals surface area contributed by atoms with Crippen molar-refractivity contribution in [2.24, 2.45) is 0 Å². The maximum absolute atomic E-state index is 12.9. The van der Waals surface area contributed by atoms with Gasteiger partial charge in [-0.1, -0.05) is 30.3 Å². The number of H-pyrrole nitrogens is 1. The third-order valence-electron chi connectivity index (χ3n) is 5.21. The zero-order chi connectivity index (χ0) is 19.5. The van der Waals surface area contributed by atoms with Crippen LogP contribution in [0, 0.1) is 6.92 Å². The highest BCUT2D eigenvalue weighted by Gasteiger charge is 2.27. The molecule has 1 aliphatic rings. The number of aromatic nitrogens is 2. The van der Waals surface area contributed by atoms with Gasteiger partial charge in [-0.15, -0.1) is 0 Å². The molecule has 0 fully saturated rings. The van der Waals surface area contributed by atoms with Crippen molar-refractivity contribution in [2.75, 3.05) is 6.54 Å². The molecule has 6 heteroatoms. The second-order valence-electron chi connectivity index (χ2n) is 7.20. The number of rotatable bonds is 5. The quantitative estimate of drug-likeness (QED) is 0.741. The van der Waals surface area contributed by atoms with Gasteiger partial charge in [-0.05, 0) is 37.0 Å². The fourth-order valence-corrected chi connectivity index (χ4v) is 3.71. The van der Waals surface area contributed by atoms with Gasteiger partial charge < -0.3 is 14.3 Å². The molecule has 0 saturated carbocycles. The Morgan fingerprint density at radius 2 is 2.07 bits per heavy atom. The fraction of sp³-hybridized carbons (Fsp3) is 0.318. The second kappa shape index (κ2) is 7.84. The lowest BCUT2D eigenvalue weighted by Crippen LogP contribution is -2.38. The Morgan fingerprint density at radius 3 is 2.86 bits per heavy atom. The van der Waals surface area contributed by atoms with Gasteiger partial charge in [0.05, 0.1) is 24.3 Å². The van der Waals surface area contributed by atoms with Crippen LogP contribution in [0.25, 0.3) is 0 Å². The molecule has 0 radical (unpaired) electrons. The van der Waals surface area contributed by atoms with Gasteiger partial charge in [-0.25, -0.2) is 9.78 Å². The van der Waals surface area contributed by atoms with Gasteiger partial charge in [0.2, 0.25) is 0 Å². The average Bonchev–Trinajstić information content (AvgIpc) is 3.16. The Kier molecular flexibility index (Phi) is 5.10. The van der Waals surface area contributed by atoms with Crippen LogP contribution in [-0.2, 0) is 25.8 Å². The van der Waals surface area contributed by atoms with Gasteiger partial charge in [-0.3, -0.25) is 4.79 Å². The number of benzene rings is 1. The molecule has 2 aromatic heterocycles. The van der Waals surface area contributed by atoms with Crippen molar-refractivity contribution in [3.63, 3.8) is 0 Å². The maximum atomic E-state index is 12.9. The topological polar surface area (TPSA) is 79.2 Å². The van der Waals surface area contributed by atoms with Crippen molar-refractivity contribution in [1.29, 1.82) is 0 Å². The molecule has 0 aliphatic carbocycles. The first-order chi connectivity index (χ1) is 13.6. The minimum Gasteiger partial charge on any atom is -0.427 e. The highest BCUT2D eigenvalue weighted by Crippen LogP contribution is 2.18. The zero-order valence-corrected chi connectivity index (χ0v) is 15.9. The molecule has 0 bridgehead atoms. The molecule has 0 saturated heterocycles. The van der Waals surface area contributed by atoms with E-state index in [4.69, 9.17) is 4.42 Å². The van der Waals surface area contributed by atoms with Gasteiger partial charge in [0.15, 0.2) is 0 Å². The number of carbonyl (C=O) groups is 1. The summed E-state index contributed by atoms with van der Waals surface area (Å²) in [5.74, 6) is 0.354. The number of carbonyl (C=O) groups excluding carboxylic acids is 1. The lowest BCUT2D eigenvalue weighted by Gasteiger charge is -2.26. The molecular formula is C22H23N3O3. The van der Waals surface area contributed by atoms with E-state index in [2.05, 4.69) is 22.1 Å².